The minimum absolute atomic E-state index is 0.101. The van der Waals surface area contributed by atoms with Crippen LogP contribution in [0.25, 0.3) is 0 Å². The highest BCUT2D eigenvalue weighted by molar-refractivity contribution is 8.03. The summed E-state index contributed by atoms with van der Waals surface area (Å²) in [5.41, 5.74) is 0.688. The number of carbonyl (C=O) groups excluding carboxylic acids is 1. The molecule has 0 saturated heterocycles. The Labute approximate surface area is 218 Å². The average Bonchev–Trinajstić information content (AvgIpc) is 3.21. The van der Waals surface area contributed by atoms with Gasteiger partial charge in [-0.15, -0.1) is 0 Å². The molecule has 1 aliphatic carbocycles. The van der Waals surface area contributed by atoms with E-state index in [2.05, 4.69) is 17.2 Å². The van der Waals surface area contributed by atoms with Gasteiger partial charge < -0.3 is 14.7 Å². The van der Waals surface area contributed by atoms with Gasteiger partial charge in [0.25, 0.3) is 0 Å². The molecule has 35 heavy (non-hydrogen) atoms. The fourth-order valence-electron chi connectivity index (χ4n) is 3.81. The quantitative estimate of drug-likeness (QED) is 0.262. The van der Waals surface area contributed by atoms with Gasteiger partial charge in [-0.25, -0.2) is 14.2 Å². The Morgan fingerprint density at radius 2 is 2.06 bits per heavy atom. The summed E-state index contributed by atoms with van der Waals surface area (Å²) in [7, 11) is 0. The van der Waals surface area contributed by atoms with Crippen LogP contribution in [-0.2, 0) is 16.1 Å². The SMILES string of the molecule is CC(C)(Sc1cnc(NC(=O)N(CCOCc2ccc(F)cc2Cl)[C@H]2CC[C@H](C)CC2)s1)C(=O)O. The van der Waals surface area contributed by atoms with Crippen molar-refractivity contribution >= 4 is 51.8 Å². The number of thiazole rings is 1. The van der Waals surface area contributed by atoms with Crippen molar-refractivity contribution in [2.45, 2.75) is 68.1 Å². The second kappa shape index (κ2) is 12.4. The van der Waals surface area contributed by atoms with Gasteiger partial charge in [-0.1, -0.05) is 47.7 Å². The Morgan fingerprint density at radius 1 is 1.34 bits per heavy atom. The number of nitrogens with zero attached hydrogens (tertiary/aromatic N) is 2. The van der Waals surface area contributed by atoms with E-state index in [4.69, 9.17) is 16.3 Å². The normalized spacial score (nSPS) is 18.3. The van der Waals surface area contributed by atoms with Gasteiger partial charge in [-0.2, -0.15) is 0 Å². The van der Waals surface area contributed by atoms with E-state index in [9.17, 15) is 19.1 Å². The minimum Gasteiger partial charge on any atom is -0.480 e. The fourth-order valence-corrected chi connectivity index (χ4v) is 6.30. The molecule has 0 bridgehead atoms. The van der Waals surface area contributed by atoms with Crippen molar-refractivity contribution in [1.82, 2.24) is 9.88 Å². The Hall–Kier alpha value is -1.88. The highest BCUT2D eigenvalue weighted by Crippen LogP contribution is 2.37. The van der Waals surface area contributed by atoms with Crippen LogP contribution in [-0.4, -0.2) is 50.9 Å². The van der Waals surface area contributed by atoms with Gasteiger partial charge in [0, 0.05) is 17.6 Å². The van der Waals surface area contributed by atoms with Crippen LogP contribution in [0.3, 0.4) is 0 Å². The molecule has 0 atom stereocenters. The molecule has 2 aromatic rings. The zero-order chi connectivity index (χ0) is 25.6. The van der Waals surface area contributed by atoms with E-state index < -0.39 is 16.5 Å². The first kappa shape index (κ1) is 27.7. The van der Waals surface area contributed by atoms with Crippen LogP contribution in [0.1, 0.15) is 52.0 Å². The largest absolute Gasteiger partial charge is 0.480 e. The standard InChI is InChI=1S/C24H31ClFN3O4S2/c1-15-4-8-18(9-5-15)29(10-11-33-14-16-6-7-17(26)12-19(16)25)23(32)28-22-27-13-20(34-22)35-24(2,3)21(30)31/h6-7,12-13,15,18H,4-5,8-11,14H2,1-3H3,(H,30,31)(H,27,28,32)/t15-,18-. The third-order valence-corrected chi connectivity index (χ3v) is 8.56. The lowest BCUT2D eigenvalue weighted by Crippen LogP contribution is -2.46. The molecule has 0 radical (unpaired) electrons. The van der Waals surface area contributed by atoms with Crippen LogP contribution in [0.4, 0.5) is 14.3 Å². The number of hydrogen-bond donors (Lipinski definition) is 2. The maximum atomic E-state index is 13.3. The van der Waals surface area contributed by atoms with E-state index >= 15 is 0 Å². The molecular formula is C24H31ClFN3O4S2. The van der Waals surface area contributed by atoms with Gasteiger partial charge in [-0.05, 0) is 63.1 Å². The maximum absolute atomic E-state index is 13.3. The Balaban J connectivity index is 1.60. The van der Waals surface area contributed by atoms with E-state index in [1.165, 1.54) is 35.2 Å². The number of anilines is 1. The summed E-state index contributed by atoms with van der Waals surface area (Å²) in [6, 6.07) is 4.03. The van der Waals surface area contributed by atoms with E-state index in [-0.39, 0.29) is 18.7 Å². The van der Waals surface area contributed by atoms with Crippen molar-refractivity contribution in [1.29, 1.82) is 0 Å². The molecule has 7 nitrogen and oxygen atoms in total. The number of halogens is 2. The number of aromatic nitrogens is 1. The predicted octanol–water partition coefficient (Wildman–Crippen LogP) is 6.52. The van der Waals surface area contributed by atoms with Crippen LogP contribution in [0, 0.1) is 11.7 Å². The summed E-state index contributed by atoms with van der Waals surface area (Å²) in [5.74, 6) is -0.673. The molecule has 1 aromatic carbocycles. The summed E-state index contributed by atoms with van der Waals surface area (Å²) >= 11 is 8.52. The van der Waals surface area contributed by atoms with Gasteiger partial charge in [0.1, 0.15) is 10.6 Å². The van der Waals surface area contributed by atoms with Crippen molar-refractivity contribution in [2.75, 3.05) is 18.5 Å². The number of carbonyl (C=O) groups is 2. The van der Waals surface area contributed by atoms with E-state index in [0.717, 1.165) is 25.7 Å². The molecule has 2 amide bonds. The fraction of sp³-hybridized carbons (Fsp3) is 0.542. The summed E-state index contributed by atoms with van der Waals surface area (Å²) in [4.78, 5) is 30.7. The van der Waals surface area contributed by atoms with Crippen molar-refractivity contribution in [3.05, 3.63) is 40.8 Å². The van der Waals surface area contributed by atoms with Gasteiger partial charge in [0.05, 0.1) is 23.6 Å². The Bertz CT molecular complexity index is 1030. The number of ether oxygens (including phenoxy) is 1. The second-order valence-corrected chi connectivity index (χ2v) is 12.6. The number of urea groups is 1. The van der Waals surface area contributed by atoms with Gasteiger partial charge in [0.2, 0.25) is 0 Å². The van der Waals surface area contributed by atoms with E-state index in [1.54, 1.807) is 31.0 Å². The lowest BCUT2D eigenvalue weighted by molar-refractivity contribution is -0.138. The summed E-state index contributed by atoms with van der Waals surface area (Å²) in [6.07, 6.45) is 5.54. The lowest BCUT2D eigenvalue weighted by atomic mass is 9.86. The molecular weight excluding hydrogens is 513 g/mol. The first-order chi connectivity index (χ1) is 16.5. The number of carboxylic acids is 1. The van der Waals surface area contributed by atoms with E-state index in [1.807, 2.05) is 0 Å². The van der Waals surface area contributed by atoms with Gasteiger partial charge in [-0.3, -0.25) is 10.1 Å². The predicted molar refractivity (Wildman–Crippen MR) is 138 cm³/mol. The third kappa shape index (κ3) is 8.06. The van der Waals surface area contributed by atoms with Crippen LogP contribution in [0.15, 0.2) is 28.6 Å². The summed E-state index contributed by atoms with van der Waals surface area (Å²) < 4.78 is 18.7. The maximum Gasteiger partial charge on any atom is 0.323 e. The topological polar surface area (TPSA) is 91.8 Å². The van der Waals surface area contributed by atoms with Crippen LogP contribution in [0.5, 0.6) is 0 Å². The molecule has 192 valence electrons. The molecule has 0 spiro atoms. The van der Waals surface area contributed by atoms with E-state index in [0.29, 0.717) is 39.0 Å². The number of rotatable bonds is 10. The molecule has 1 aliphatic rings. The highest BCUT2D eigenvalue weighted by Gasteiger charge is 2.30. The second-order valence-electron chi connectivity index (χ2n) is 9.23. The van der Waals surface area contributed by atoms with Crippen molar-refractivity contribution < 1.29 is 23.8 Å². The van der Waals surface area contributed by atoms with Crippen molar-refractivity contribution in [3.63, 3.8) is 0 Å². The molecule has 1 saturated carbocycles. The van der Waals surface area contributed by atoms with Gasteiger partial charge >= 0.3 is 12.0 Å². The first-order valence-electron chi connectivity index (χ1n) is 11.5. The number of thioether (sulfide) groups is 1. The zero-order valence-corrected chi connectivity index (χ0v) is 22.4. The molecule has 0 unspecified atom stereocenters. The highest BCUT2D eigenvalue weighted by atomic mass is 35.5. The first-order valence-corrected chi connectivity index (χ1v) is 13.5. The minimum atomic E-state index is -0.997. The molecule has 1 aromatic heterocycles. The van der Waals surface area contributed by atoms with Crippen LogP contribution in [0.2, 0.25) is 5.02 Å². The smallest absolute Gasteiger partial charge is 0.323 e. The number of aliphatic carboxylic acids is 1. The summed E-state index contributed by atoms with van der Waals surface area (Å²) in [5, 5.41) is 13.0. The Morgan fingerprint density at radius 3 is 2.71 bits per heavy atom. The lowest BCUT2D eigenvalue weighted by Gasteiger charge is -2.36. The van der Waals surface area contributed by atoms with Crippen LogP contribution < -0.4 is 5.32 Å². The average molecular weight is 544 g/mol. The molecule has 0 aliphatic heterocycles. The number of amides is 2. The molecule has 11 heteroatoms. The monoisotopic (exact) mass is 543 g/mol. The third-order valence-electron chi connectivity index (χ3n) is 6.01. The molecule has 1 fully saturated rings. The number of benzene rings is 1. The molecule has 1 heterocycles. The number of nitrogens with one attached hydrogen (secondary N) is 1. The Kier molecular flexibility index (Phi) is 9.80. The summed E-state index contributed by atoms with van der Waals surface area (Å²) in [6.45, 7) is 6.40. The zero-order valence-electron chi connectivity index (χ0n) is 20.1. The molecule has 2 N–H and O–H groups in total. The van der Waals surface area contributed by atoms with Gasteiger partial charge in [0.15, 0.2) is 5.13 Å². The molecule has 3 rings (SSSR count). The number of hydrogen-bond acceptors (Lipinski definition) is 6. The van der Waals surface area contributed by atoms with Crippen molar-refractivity contribution in [3.8, 4) is 0 Å². The van der Waals surface area contributed by atoms with Crippen LogP contribution >= 0.6 is 34.7 Å². The number of carboxylic acid groups (broad SMARTS) is 1. The van der Waals surface area contributed by atoms with Crippen molar-refractivity contribution in [2.24, 2.45) is 5.92 Å².